The lowest BCUT2D eigenvalue weighted by atomic mass is 9.96. The fraction of sp³-hybridized carbons (Fsp3) is 0.391. The molecule has 0 unspecified atom stereocenters. The minimum absolute atomic E-state index is 0.117. The van der Waals surface area contributed by atoms with Gasteiger partial charge >= 0.3 is 0 Å². The molecule has 0 aromatic heterocycles. The number of carbonyl (C=O) groups excluding carboxylic acids is 2. The number of nitrogens with zero attached hydrogens (tertiary/aromatic N) is 4. The molecule has 11 heteroatoms. The van der Waals surface area contributed by atoms with Gasteiger partial charge in [-0.3, -0.25) is 19.7 Å². The molecule has 2 aromatic carbocycles. The van der Waals surface area contributed by atoms with Crippen LogP contribution in [0.5, 0.6) is 0 Å². The Hall–Kier alpha value is -3.31. The van der Waals surface area contributed by atoms with Crippen molar-refractivity contribution in [2.24, 2.45) is 0 Å². The normalized spacial score (nSPS) is 14.8. The molecule has 1 aliphatic heterocycles. The van der Waals surface area contributed by atoms with Gasteiger partial charge in [0.25, 0.3) is 11.6 Å². The van der Waals surface area contributed by atoms with E-state index in [4.69, 9.17) is 0 Å². The fourth-order valence-corrected chi connectivity index (χ4v) is 4.84. The van der Waals surface area contributed by atoms with Crippen LogP contribution in [0, 0.1) is 10.1 Å². The van der Waals surface area contributed by atoms with Crippen LogP contribution in [0.4, 0.5) is 11.4 Å². The summed E-state index contributed by atoms with van der Waals surface area (Å²) >= 11 is 0. The van der Waals surface area contributed by atoms with Crippen molar-refractivity contribution >= 4 is 33.1 Å². The van der Waals surface area contributed by atoms with Crippen molar-refractivity contribution in [2.45, 2.75) is 18.9 Å². The number of anilines is 1. The topological polar surface area (TPSA) is 121 Å². The van der Waals surface area contributed by atoms with Crippen molar-refractivity contribution in [1.29, 1.82) is 0 Å². The first-order chi connectivity index (χ1) is 15.9. The number of nitro groups is 1. The molecule has 0 N–H and O–H groups in total. The molecule has 1 aliphatic rings. The maximum absolute atomic E-state index is 13.3. The van der Waals surface area contributed by atoms with E-state index in [0.29, 0.717) is 31.6 Å². The number of amides is 1. The van der Waals surface area contributed by atoms with Crippen LogP contribution < -0.4 is 4.90 Å². The van der Waals surface area contributed by atoms with Crippen LogP contribution in [-0.2, 0) is 10.0 Å². The second-order valence-corrected chi connectivity index (χ2v) is 10.6. The smallest absolute Gasteiger partial charge is 0.293 e. The summed E-state index contributed by atoms with van der Waals surface area (Å²) in [4.78, 5) is 40.7. The van der Waals surface area contributed by atoms with Crippen LogP contribution in [-0.4, -0.2) is 80.8 Å². The van der Waals surface area contributed by atoms with Crippen molar-refractivity contribution in [1.82, 2.24) is 9.21 Å². The molecule has 10 nitrogen and oxygen atoms in total. The molecule has 3 rings (SSSR count). The number of rotatable bonds is 7. The predicted octanol–water partition coefficient (Wildman–Crippen LogP) is 2.39. The third-order valence-electron chi connectivity index (χ3n) is 6.11. The predicted molar refractivity (Wildman–Crippen MR) is 129 cm³/mol. The van der Waals surface area contributed by atoms with Gasteiger partial charge in [-0.2, -0.15) is 0 Å². The molecule has 1 amide bonds. The van der Waals surface area contributed by atoms with E-state index in [0.717, 1.165) is 6.26 Å². The van der Waals surface area contributed by atoms with Crippen LogP contribution >= 0.6 is 0 Å². The van der Waals surface area contributed by atoms with Crippen LogP contribution in [0.3, 0.4) is 0 Å². The lowest BCUT2D eigenvalue weighted by Gasteiger charge is -2.35. The zero-order chi connectivity index (χ0) is 25.2. The fourth-order valence-electron chi connectivity index (χ4n) is 4.09. The highest BCUT2D eigenvalue weighted by molar-refractivity contribution is 7.88. The van der Waals surface area contributed by atoms with Gasteiger partial charge in [-0.05, 0) is 31.0 Å². The molecular weight excluding hydrogens is 460 g/mol. The molecule has 1 saturated heterocycles. The number of likely N-dealkylation sites (tertiary alicyclic amines) is 1. The highest BCUT2D eigenvalue weighted by atomic mass is 32.2. The highest BCUT2D eigenvalue weighted by Crippen LogP contribution is 2.29. The first-order valence-corrected chi connectivity index (χ1v) is 12.6. The lowest BCUT2D eigenvalue weighted by molar-refractivity contribution is -0.384. The van der Waals surface area contributed by atoms with Gasteiger partial charge in [-0.15, -0.1) is 0 Å². The van der Waals surface area contributed by atoms with Gasteiger partial charge in [0.05, 0.1) is 16.7 Å². The van der Waals surface area contributed by atoms with Crippen molar-refractivity contribution in [3.63, 3.8) is 0 Å². The summed E-state index contributed by atoms with van der Waals surface area (Å²) in [5.41, 5.74) is 0.659. The van der Waals surface area contributed by atoms with Crippen LogP contribution in [0.15, 0.2) is 42.5 Å². The number of sulfonamides is 1. The average molecular weight is 489 g/mol. The molecule has 0 spiro atoms. The Morgan fingerprint density at radius 3 is 2.15 bits per heavy atom. The SMILES string of the molecule is CN(C)c1ccc(C(=O)c2ccccc2C(=O)N2CCC(N(C)S(C)(=O)=O)CC2)cc1[N+](=O)[O-]. The number of hydrogen-bond donors (Lipinski definition) is 0. The highest BCUT2D eigenvalue weighted by Gasteiger charge is 2.31. The van der Waals surface area contributed by atoms with Crippen molar-refractivity contribution in [3.05, 3.63) is 69.3 Å². The first kappa shape index (κ1) is 25.3. The zero-order valence-corrected chi connectivity index (χ0v) is 20.4. The third-order valence-corrected chi connectivity index (χ3v) is 7.45. The van der Waals surface area contributed by atoms with Gasteiger partial charge in [0.1, 0.15) is 5.69 Å². The minimum atomic E-state index is -3.32. The number of carbonyl (C=O) groups is 2. The van der Waals surface area contributed by atoms with Gasteiger partial charge in [-0.1, -0.05) is 18.2 Å². The van der Waals surface area contributed by atoms with Crippen molar-refractivity contribution in [3.8, 4) is 0 Å². The molecular formula is C23H28N4O6S. The maximum Gasteiger partial charge on any atom is 0.293 e. The van der Waals surface area contributed by atoms with E-state index in [1.165, 1.54) is 35.6 Å². The molecule has 34 heavy (non-hydrogen) atoms. The van der Waals surface area contributed by atoms with E-state index < -0.39 is 20.7 Å². The van der Waals surface area contributed by atoms with E-state index in [-0.39, 0.29) is 34.3 Å². The lowest BCUT2D eigenvalue weighted by Crippen LogP contribution is -2.47. The second-order valence-electron chi connectivity index (χ2n) is 8.53. The minimum Gasteiger partial charge on any atom is -0.372 e. The Labute approximate surface area is 199 Å². The van der Waals surface area contributed by atoms with Crippen molar-refractivity contribution in [2.75, 3.05) is 45.4 Å². The van der Waals surface area contributed by atoms with Crippen LogP contribution in [0.1, 0.15) is 39.1 Å². The summed E-state index contributed by atoms with van der Waals surface area (Å²) in [6.07, 6.45) is 2.13. The van der Waals surface area contributed by atoms with Gasteiger partial charge in [0.15, 0.2) is 5.78 Å². The van der Waals surface area contributed by atoms with E-state index in [1.54, 1.807) is 42.1 Å². The molecule has 0 atom stereocenters. The van der Waals surface area contributed by atoms with Gasteiger partial charge < -0.3 is 9.80 Å². The van der Waals surface area contributed by atoms with E-state index in [9.17, 15) is 28.1 Å². The molecule has 2 aromatic rings. The monoisotopic (exact) mass is 488 g/mol. The summed E-state index contributed by atoms with van der Waals surface area (Å²) in [7, 11) is 1.56. The summed E-state index contributed by atoms with van der Waals surface area (Å²) in [6, 6.07) is 10.5. The number of ketones is 1. The second kappa shape index (κ2) is 9.90. The molecule has 1 heterocycles. The Bertz CT molecular complexity index is 1220. The molecule has 0 bridgehead atoms. The Morgan fingerprint density at radius 2 is 1.62 bits per heavy atom. The van der Waals surface area contributed by atoms with Gasteiger partial charge in [0, 0.05) is 57.5 Å². The molecule has 0 saturated carbocycles. The van der Waals surface area contributed by atoms with E-state index in [1.807, 2.05) is 0 Å². The van der Waals surface area contributed by atoms with Crippen molar-refractivity contribution < 1.29 is 22.9 Å². The van der Waals surface area contributed by atoms with Gasteiger partial charge in [-0.25, -0.2) is 12.7 Å². The molecule has 0 aliphatic carbocycles. The summed E-state index contributed by atoms with van der Waals surface area (Å²) in [5, 5.41) is 11.5. The first-order valence-electron chi connectivity index (χ1n) is 10.7. The average Bonchev–Trinajstić information content (AvgIpc) is 2.81. The Balaban J connectivity index is 1.85. The summed E-state index contributed by atoms with van der Waals surface area (Å²) < 4.78 is 24.9. The summed E-state index contributed by atoms with van der Waals surface area (Å²) in [6.45, 7) is 0.712. The largest absolute Gasteiger partial charge is 0.372 e. The van der Waals surface area contributed by atoms with Gasteiger partial charge in [0.2, 0.25) is 10.0 Å². The Kier molecular flexibility index (Phi) is 7.37. The quantitative estimate of drug-likeness (QED) is 0.333. The number of nitro benzene ring substituents is 1. The van der Waals surface area contributed by atoms with E-state index in [2.05, 4.69) is 0 Å². The maximum atomic E-state index is 13.3. The Morgan fingerprint density at radius 1 is 1.03 bits per heavy atom. The molecule has 182 valence electrons. The third kappa shape index (κ3) is 5.26. The van der Waals surface area contributed by atoms with E-state index >= 15 is 0 Å². The van der Waals surface area contributed by atoms with Crippen LogP contribution in [0.25, 0.3) is 0 Å². The summed E-state index contributed by atoms with van der Waals surface area (Å²) in [5.74, 6) is -0.812. The molecule has 0 radical (unpaired) electrons. The molecule has 1 fully saturated rings. The number of benzene rings is 2. The number of hydrogen-bond acceptors (Lipinski definition) is 7. The zero-order valence-electron chi connectivity index (χ0n) is 19.6. The van der Waals surface area contributed by atoms with Crippen LogP contribution in [0.2, 0.25) is 0 Å². The number of piperidine rings is 1. The standard InChI is InChI=1S/C23H28N4O6S/c1-24(2)20-10-9-16(15-21(20)27(30)31)22(28)18-7-5-6-8-19(18)23(29)26-13-11-17(12-14-26)25(3)34(4,32)33/h5-10,15,17H,11-14H2,1-4H3.